The van der Waals surface area contributed by atoms with Gasteiger partial charge in [-0.3, -0.25) is 4.79 Å². The fraction of sp³-hybridized carbons (Fsp3) is 0.778. The molecule has 26 heavy (non-hydrogen) atoms. The van der Waals surface area contributed by atoms with E-state index in [0.29, 0.717) is 25.7 Å². The number of sulfonamides is 1. The maximum atomic E-state index is 12.7. The average Bonchev–Trinajstić information content (AvgIpc) is 2.98. The van der Waals surface area contributed by atoms with Gasteiger partial charge in [-0.25, -0.2) is 0 Å². The minimum absolute atomic E-state index is 0.0773. The fourth-order valence-electron chi connectivity index (χ4n) is 4.04. The molecule has 0 aliphatic heterocycles. The number of aryl methyl sites for hydroxylation is 1. The summed E-state index contributed by atoms with van der Waals surface area (Å²) in [7, 11) is -0.0846. The van der Waals surface area contributed by atoms with Crippen LogP contribution in [0.5, 0.6) is 0 Å². The summed E-state index contributed by atoms with van der Waals surface area (Å²) in [5.41, 5.74) is 1.36. The third-order valence-electron chi connectivity index (χ3n) is 5.64. The van der Waals surface area contributed by atoms with Crippen molar-refractivity contribution in [1.82, 2.24) is 8.87 Å². The quantitative estimate of drug-likeness (QED) is 0.730. The molecule has 0 spiro atoms. The highest BCUT2D eigenvalue weighted by Gasteiger charge is 2.38. The van der Waals surface area contributed by atoms with Gasteiger partial charge in [0.15, 0.2) is 4.80 Å². The van der Waals surface area contributed by atoms with Crippen molar-refractivity contribution in [3.63, 3.8) is 0 Å². The molecule has 3 rings (SSSR count). The van der Waals surface area contributed by atoms with Crippen LogP contribution in [0.4, 0.5) is 0 Å². The summed E-state index contributed by atoms with van der Waals surface area (Å²) in [5, 5.41) is -0.365. The highest BCUT2D eigenvalue weighted by Crippen LogP contribution is 2.32. The van der Waals surface area contributed by atoms with E-state index < -0.39 is 10.4 Å². The van der Waals surface area contributed by atoms with Crippen molar-refractivity contribution in [2.45, 2.75) is 70.1 Å². The lowest BCUT2D eigenvalue weighted by atomic mass is 9.88. The van der Waals surface area contributed by atoms with E-state index in [4.69, 9.17) is 0 Å². The zero-order valence-corrected chi connectivity index (χ0v) is 17.5. The van der Waals surface area contributed by atoms with Gasteiger partial charge in [0.1, 0.15) is 15.6 Å². The molecule has 2 aliphatic rings. The smallest absolute Gasteiger partial charge is 0.251 e. The van der Waals surface area contributed by atoms with E-state index in [1.165, 1.54) is 27.7 Å². The molecular weight excluding hydrogens is 370 g/mol. The van der Waals surface area contributed by atoms with Crippen LogP contribution in [0.1, 0.15) is 56.0 Å². The van der Waals surface area contributed by atoms with Gasteiger partial charge in [-0.2, -0.15) is 4.99 Å². The Morgan fingerprint density at radius 2 is 1.92 bits per heavy atom. The van der Waals surface area contributed by atoms with Crippen LogP contribution in [-0.4, -0.2) is 38.7 Å². The number of thiazole rings is 1. The Balaban J connectivity index is 1.73. The first-order valence-corrected chi connectivity index (χ1v) is 11.9. The average molecular weight is 400 g/mol. The van der Waals surface area contributed by atoms with Crippen LogP contribution in [0.2, 0.25) is 0 Å². The summed E-state index contributed by atoms with van der Waals surface area (Å²) in [6.07, 6.45) is 6.90. The minimum atomic E-state index is -3.23. The largest absolute Gasteiger partial charge is 0.597 e. The number of carbonyl (C=O) groups is 1. The summed E-state index contributed by atoms with van der Waals surface area (Å²) in [4.78, 5) is 19.4. The maximum Gasteiger partial charge on any atom is 0.251 e. The molecular formula is C18H29N3O3S2. The highest BCUT2D eigenvalue weighted by molar-refractivity contribution is 7.95. The molecule has 1 saturated carbocycles. The minimum Gasteiger partial charge on any atom is -0.597 e. The van der Waals surface area contributed by atoms with E-state index in [9.17, 15) is 13.6 Å². The van der Waals surface area contributed by atoms with Crippen LogP contribution in [0.3, 0.4) is 0 Å². The van der Waals surface area contributed by atoms with E-state index in [-0.39, 0.29) is 17.1 Å². The van der Waals surface area contributed by atoms with Gasteiger partial charge in [-0.1, -0.05) is 4.21 Å². The third-order valence-corrected chi connectivity index (χ3v) is 9.15. The zero-order chi connectivity index (χ0) is 18.9. The SMILES string of the molecule is CCn1c2c(sc1=NC(=O)C1CCC([S+](=O)([O-])N(C)C)CC1)CCCC2. The van der Waals surface area contributed by atoms with Gasteiger partial charge in [-0.05, 0) is 58.3 Å². The normalized spacial score (nSPS) is 26.6. The van der Waals surface area contributed by atoms with E-state index in [0.717, 1.165) is 24.2 Å². The van der Waals surface area contributed by atoms with Gasteiger partial charge in [0, 0.05) is 37.1 Å². The molecule has 0 radical (unpaired) electrons. The predicted molar refractivity (Wildman–Crippen MR) is 103 cm³/mol. The van der Waals surface area contributed by atoms with Crippen molar-refractivity contribution < 1.29 is 13.6 Å². The molecule has 0 N–H and O–H groups in total. The highest BCUT2D eigenvalue weighted by atomic mass is 32.3. The number of hydrogen-bond acceptors (Lipinski definition) is 4. The van der Waals surface area contributed by atoms with Crippen LogP contribution in [0.25, 0.3) is 0 Å². The number of hydrogen-bond donors (Lipinski definition) is 0. The lowest BCUT2D eigenvalue weighted by molar-refractivity contribution is -0.122. The number of fused-ring (bicyclic) bond motifs is 1. The van der Waals surface area contributed by atoms with Gasteiger partial charge < -0.3 is 9.12 Å². The van der Waals surface area contributed by atoms with Crippen LogP contribution in [0, 0.1) is 5.92 Å². The topological polar surface area (TPSA) is 77.7 Å². The summed E-state index contributed by atoms with van der Waals surface area (Å²) in [5.74, 6) is -0.223. The Labute approximate surface area is 160 Å². The van der Waals surface area contributed by atoms with Gasteiger partial charge in [0.25, 0.3) is 5.91 Å². The van der Waals surface area contributed by atoms with Crippen molar-refractivity contribution in [3.8, 4) is 0 Å². The van der Waals surface area contributed by atoms with Crippen molar-refractivity contribution in [3.05, 3.63) is 15.4 Å². The molecule has 1 unspecified atom stereocenters. The molecule has 1 aromatic rings. The molecule has 1 heterocycles. The lowest BCUT2D eigenvalue weighted by Crippen LogP contribution is -2.42. The monoisotopic (exact) mass is 399 g/mol. The first-order valence-electron chi connectivity index (χ1n) is 9.55. The van der Waals surface area contributed by atoms with E-state index in [2.05, 4.69) is 16.5 Å². The van der Waals surface area contributed by atoms with Gasteiger partial charge >= 0.3 is 0 Å². The standard InChI is InChI=1S/C18H29N3O3S2/c1-4-21-15-7-5-6-8-16(15)25-18(21)19-17(22)13-9-11-14(12-10-13)26(23,24)20(2)3/h13-14H,4-12H2,1-3H3. The molecule has 0 saturated heterocycles. The molecule has 0 aromatic carbocycles. The van der Waals surface area contributed by atoms with Crippen LogP contribution >= 0.6 is 11.3 Å². The van der Waals surface area contributed by atoms with Crippen LogP contribution in [-0.2, 0) is 38.8 Å². The summed E-state index contributed by atoms with van der Waals surface area (Å²) in [6, 6.07) is 0. The second-order valence-corrected chi connectivity index (χ2v) is 10.9. The molecule has 1 fully saturated rings. The molecule has 0 bridgehead atoms. The molecule has 6 nitrogen and oxygen atoms in total. The second-order valence-electron chi connectivity index (χ2n) is 7.46. The lowest BCUT2D eigenvalue weighted by Gasteiger charge is -2.32. The molecule has 2 aliphatic carbocycles. The van der Waals surface area contributed by atoms with Crippen molar-refractivity contribution in [2.24, 2.45) is 10.9 Å². The summed E-state index contributed by atoms with van der Waals surface area (Å²) < 4.78 is 28.0. The third kappa shape index (κ3) is 3.88. The van der Waals surface area contributed by atoms with E-state index >= 15 is 0 Å². The number of carbonyl (C=O) groups excluding carboxylic acids is 1. The maximum absolute atomic E-state index is 12.7. The van der Waals surface area contributed by atoms with Crippen LogP contribution < -0.4 is 4.80 Å². The first kappa shape index (κ1) is 19.9. The zero-order valence-electron chi connectivity index (χ0n) is 15.9. The number of aromatic nitrogens is 1. The van der Waals surface area contributed by atoms with Gasteiger partial charge in [-0.15, -0.1) is 15.6 Å². The summed E-state index contributed by atoms with van der Waals surface area (Å²) in [6.45, 7) is 2.94. The van der Waals surface area contributed by atoms with E-state index in [1.54, 1.807) is 25.4 Å². The van der Waals surface area contributed by atoms with Crippen molar-refractivity contribution >= 4 is 27.6 Å². The Morgan fingerprint density at radius 1 is 1.27 bits per heavy atom. The fourth-order valence-corrected chi connectivity index (χ4v) is 6.78. The second kappa shape index (κ2) is 8.04. The number of amides is 1. The molecule has 1 amide bonds. The van der Waals surface area contributed by atoms with Crippen molar-refractivity contribution in [1.29, 1.82) is 0 Å². The number of nitrogens with zero attached hydrogens (tertiary/aromatic N) is 3. The number of rotatable bonds is 4. The predicted octanol–water partition coefficient (Wildman–Crippen LogP) is 2.54. The molecule has 1 atom stereocenters. The molecule has 146 valence electrons. The van der Waals surface area contributed by atoms with Crippen molar-refractivity contribution in [2.75, 3.05) is 14.1 Å². The summed E-state index contributed by atoms with van der Waals surface area (Å²) >= 11 is 1.66. The van der Waals surface area contributed by atoms with Gasteiger partial charge in [0.05, 0.1) is 0 Å². The Bertz CT molecular complexity index is 773. The van der Waals surface area contributed by atoms with E-state index in [1.807, 2.05) is 0 Å². The molecule has 8 heteroatoms. The Morgan fingerprint density at radius 3 is 2.54 bits per heavy atom. The van der Waals surface area contributed by atoms with Gasteiger partial charge in [0.2, 0.25) is 0 Å². The molecule has 1 aromatic heterocycles. The van der Waals surface area contributed by atoms with Crippen LogP contribution in [0.15, 0.2) is 4.99 Å². The Hall–Kier alpha value is -0.830. The Kier molecular flexibility index (Phi) is 6.16. The first-order chi connectivity index (χ1) is 12.3.